The number of para-hydroxylation sites is 1. The van der Waals surface area contributed by atoms with Gasteiger partial charge >= 0.3 is 0 Å². The highest BCUT2D eigenvalue weighted by molar-refractivity contribution is 14.0. The lowest BCUT2D eigenvalue weighted by atomic mass is 9.95. The molecule has 9 heteroatoms. The van der Waals surface area contributed by atoms with E-state index in [1.165, 1.54) is 0 Å². The van der Waals surface area contributed by atoms with Gasteiger partial charge in [-0.25, -0.2) is 0 Å². The number of nitrogens with one attached hydrogen (secondary N) is 1. The summed E-state index contributed by atoms with van der Waals surface area (Å²) in [6.45, 7) is 5.51. The van der Waals surface area contributed by atoms with Crippen LogP contribution in [0.4, 0.5) is 0 Å². The Hall–Kier alpha value is -1.26. The van der Waals surface area contributed by atoms with E-state index in [-0.39, 0.29) is 35.8 Å². The number of benzene rings is 1. The van der Waals surface area contributed by atoms with E-state index in [0.717, 1.165) is 31.9 Å². The lowest BCUT2D eigenvalue weighted by Crippen LogP contribution is -2.50. The van der Waals surface area contributed by atoms with Crippen LogP contribution in [0.5, 0.6) is 5.75 Å². The number of ether oxygens (including phenoxy) is 2. The lowest BCUT2D eigenvalue weighted by Gasteiger charge is -2.36. The summed E-state index contributed by atoms with van der Waals surface area (Å²) in [6.07, 6.45) is 1.71. The molecule has 2 aliphatic heterocycles. The minimum absolute atomic E-state index is 0. The first-order valence-corrected chi connectivity index (χ1v) is 10.3. The highest BCUT2D eigenvalue weighted by Crippen LogP contribution is 2.23. The van der Waals surface area contributed by atoms with Gasteiger partial charge in [-0.1, -0.05) is 23.7 Å². The molecule has 1 aromatic rings. The number of hydrogen-bond donors (Lipinski definition) is 1. The maximum absolute atomic E-state index is 12.7. The van der Waals surface area contributed by atoms with Gasteiger partial charge in [-0.2, -0.15) is 0 Å². The van der Waals surface area contributed by atoms with Gasteiger partial charge in [0.15, 0.2) is 5.96 Å². The second-order valence-corrected chi connectivity index (χ2v) is 7.36. The maximum atomic E-state index is 12.7. The highest BCUT2D eigenvalue weighted by atomic mass is 127. The first-order valence-electron chi connectivity index (χ1n) is 9.88. The first-order chi connectivity index (χ1) is 13.7. The Bertz CT molecular complexity index is 677. The number of rotatable bonds is 5. The van der Waals surface area contributed by atoms with Crippen LogP contribution in [0.1, 0.15) is 12.8 Å². The van der Waals surface area contributed by atoms with Crippen molar-refractivity contribution in [2.45, 2.75) is 12.8 Å². The number of hydrogen-bond acceptors (Lipinski definition) is 4. The average molecular weight is 537 g/mol. The van der Waals surface area contributed by atoms with E-state index in [0.29, 0.717) is 50.2 Å². The number of aliphatic imine (C=N–C) groups is 1. The molecule has 1 aromatic carbocycles. The molecule has 2 saturated heterocycles. The van der Waals surface area contributed by atoms with Gasteiger partial charge in [0.1, 0.15) is 12.4 Å². The van der Waals surface area contributed by atoms with Gasteiger partial charge in [-0.15, -0.1) is 24.0 Å². The zero-order valence-corrected chi connectivity index (χ0v) is 19.9. The van der Waals surface area contributed by atoms with Crippen molar-refractivity contribution in [3.05, 3.63) is 29.3 Å². The molecule has 0 saturated carbocycles. The summed E-state index contributed by atoms with van der Waals surface area (Å²) in [5.74, 6) is 1.92. The summed E-state index contributed by atoms with van der Waals surface area (Å²) < 4.78 is 11.0. The fraction of sp³-hybridized carbons (Fsp3) is 0.600. The van der Waals surface area contributed by atoms with Crippen molar-refractivity contribution in [3.63, 3.8) is 0 Å². The van der Waals surface area contributed by atoms with Crippen molar-refractivity contribution in [1.29, 1.82) is 0 Å². The average Bonchev–Trinajstić information content (AvgIpc) is 2.75. The molecular formula is C20H30ClIN4O3. The third kappa shape index (κ3) is 6.89. The van der Waals surface area contributed by atoms with Crippen molar-refractivity contribution in [2.24, 2.45) is 10.9 Å². The van der Waals surface area contributed by atoms with Crippen LogP contribution in [0.15, 0.2) is 29.3 Å². The molecular weight excluding hydrogens is 507 g/mol. The van der Waals surface area contributed by atoms with Crippen LogP contribution in [-0.2, 0) is 9.53 Å². The monoisotopic (exact) mass is 536 g/mol. The van der Waals surface area contributed by atoms with E-state index in [1.807, 2.05) is 29.2 Å². The predicted octanol–water partition coefficient (Wildman–Crippen LogP) is 2.48. The normalized spacial score (nSPS) is 18.2. The number of piperidine rings is 1. The van der Waals surface area contributed by atoms with Gasteiger partial charge in [0.25, 0.3) is 0 Å². The van der Waals surface area contributed by atoms with Crippen molar-refractivity contribution in [1.82, 2.24) is 15.1 Å². The van der Waals surface area contributed by atoms with Crippen LogP contribution in [0.25, 0.3) is 0 Å². The number of carbonyl (C=O) groups excluding carboxylic acids is 1. The van der Waals surface area contributed by atoms with E-state index in [9.17, 15) is 4.79 Å². The van der Waals surface area contributed by atoms with E-state index in [1.54, 1.807) is 7.05 Å². The smallest absolute Gasteiger partial charge is 0.225 e. The fourth-order valence-electron chi connectivity index (χ4n) is 3.60. The topological polar surface area (TPSA) is 66.4 Å². The van der Waals surface area contributed by atoms with Gasteiger partial charge in [-0.3, -0.25) is 9.79 Å². The minimum atomic E-state index is 0. The molecule has 29 heavy (non-hydrogen) atoms. The molecule has 1 N–H and O–H groups in total. The molecule has 3 rings (SSSR count). The largest absolute Gasteiger partial charge is 0.490 e. The molecule has 0 aliphatic carbocycles. The fourth-order valence-corrected chi connectivity index (χ4v) is 3.79. The maximum Gasteiger partial charge on any atom is 0.225 e. The zero-order valence-electron chi connectivity index (χ0n) is 16.8. The zero-order chi connectivity index (χ0) is 19.8. The molecule has 2 aliphatic rings. The Morgan fingerprint density at radius 1 is 1.21 bits per heavy atom. The van der Waals surface area contributed by atoms with E-state index >= 15 is 0 Å². The van der Waals surface area contributed by atoms with Crippen molar-refractivity contribution >= 4 is 47.4 Å². The number of guanidine groups is 1. The number of morpholine rings is 1. The molecule has 0 bridgehead atoms. The predicted molar refractivity (Wildman–Crippen MR) is 125 cm³/mol. The van der Waals surface area contributed by atoms with Crippen LogP contribution in [0.2, 0.25) is 5.02 Å². The molecule has 162 valence electrons. The summed E-state index contributed by atoms with van der Waals surface area (Å²) in [5.41, 5.74) is 0. The number of carbonyl (C=O) groups is 1. The molecule has 0 unspecified atom stereocenters. The molecule has 2 heterocycles. The summed E-state index contributed by atoms with van der Waals surface area (Å²) in [6, 6.07) is 7.44. The van der Waals surface area contributed by atoms with Crippen molar-refractivity contribution in [3.8, 4) is 5.75 Å². The van der Waals surface area contributed by atoms with Crippen molar-refractivity contribution < 1.29 is 14.3 Å². The molecule has 1 amide bonds. The number of nitrogens with zero attached hydrogens (tertiary/aromatic N) is 3. The van der Waals surface area contributed by atoms with Crippen LogP contribution in [0, 0.1) is 5.92 Å². The Morgan fingerprint density at radius 2 is 1.90 bits per heavy atom. The van der Waals surface area contributed by atoms with E-state index < -0.39 is 0 Å². The first kappa shape index (κ1) is 24.0. The second-order valence-electron chi connectivity index (χ2n) is 6.95. The highest BCUT2D eigenvalue weighted by Gasteiger charge is 2.30. The van der Waals surface area contributed by atoms with Crippen molar-refractivity contribution in [2.75, 3.05) is 59.6 Å². The molecule has 0 radical (unpaired) electrons. The van der Waals surface area contributed by atoms with Crippen LogP contribution in [-0.4, -0.2) is 81.3 Å². The molecule has 0 spiro atoms. The molecule has 0 atom stereocenters. The van der Waals surface area contributed by atoms with Gasteiger partial charge in [-0.05, 0) is 25.0 Å². The van der Waals surface area contributed by atoms with Gasteiger partial charge < -0.3 is 24.6 Å². The summed E-state index contributed by atoms with van der Waals surface area (Å²) in [5, 5.41) is 3.94. The Balaban J connectivity index is 0.00000300. The third-order valence-corrected chi connectivity index (χ3v) is 5.47. The summed E-state index contributed by atoms with van der Waals surface area (Å²) in [7, 11) is 1.78. The minimum Gasteiger partial charge on any atom is -0.490 e. The third-order valence-electron chi connectivity index (χ3n) is 5.16. The lowest BCUT2D eigenvalue weighted by molar-refractivity contribution is -0.140. The summed E-state index contributed by atoms with van der Waals surface area (Å²) in [4.78, 5) is 21.2. The quantitative estimate of drug-likeness (QED) is 0.271. The van der Waals surface area contributed by atoms with Gasteiger partial charge in [0.05, 0.1) is 24.8 Å². The number of amides is 1. The molecule has 0 aromatic heterocycles. The van der Waals surface area contributed by atoms with Crippen LogP contribution >= 0.6 is 35.6 Å². The van der Waals surface area contributed by atoms with Gasteiger partial charge in [0, 0.05) is 39.1 Å². The van der Waals surface area contributed by atoms with Gasteiger partial charge in [0.2, 0.25) is 5.91 Å². The number of likely N-dealkylation sites (tertiary alicyclic amines) is 1. The number of halogens is 2. The second kappa shape index (κ2) is 12.4. The Labute approximate surface area is 194 Å². The summed E-state index contributed by atoms with van der Waals surface area (Å²) >= 11 is 6.09. The van der Waals surface area contributed by atoms with Crippen LogP contribution in [0.3, 0.4) is 0 Å². The Morgan fingerprint density at radius 3 is 2.55 bits per heavy atom. The standard InChI is InChI=1S/C20H29ClN4O3.HI/c1-22-20(23-8-13-28-18-5-3-2-4-17(18)21)25-9-6-16(7-10-25)19(26)24-11-14-27-15-12-24;/h2-5,16H,6-15H2,1H3,(H,22,23);1H. The van der Waals surface area contributed by atoms with Crippen LogP contribution < -0.4 is 10.1 Å². The SMILES string of the molecule is CN=C(NCCOc1ccccc1Cl)N1CCC(C(=O)N2CCOCC2)CC1.I. The van der Waals surface area contributed by atoms with E-state index in [2.05, 4.69) is 15.2 Å². The molecule has 7 nitrogen and oxygen atoms in total. The van der Waals surface area contributed by atoms with E-state index in [4.69, 9.17) is 21.1 Å². The Kier molecular flexibility index (Phi) is 10.3. The molecule has 2 fully saturated rings.